The first-order valence-corrected chi connectivity index (χ1v) is 8.83. The second-order valence-corrected chi connectivity index (χ2v) is 6.74. The van der Waals surface area contributed by atoms with E-state index < -0.39 is 0 Å². The molecule has 4 aromatic rings. The molecule has 0 aliphatic heterocycles. The maximum atomic E-state index is 12.5. The van der Waals surface area contributed by atoms with Gasteiger partial charge in [0.25, 0.3) is 5.91 Å². The summed E-state index contributed by atoms with van der Waals surface area (Å²) in [6.45, 7) is 1.84. The van der Waals surface area contributed by atoms with Crippen LogP contribution in [0.3, 0.4) is 0 Å². The van der Waals surface area contributed by atoms with Gasteiger partial charge in [-0.15, -0.1) is 10.2 Å². The lowest BCUT2D eigenvalue weighted by Crippen LogP contribution is -2.12. The first-order chi connectivity index (χ1) is 13.0. The van der Waals surface area contributed by atoms with Crippen LogP contribution < -0.4 is 5.32 Å². The van der Waals surface area contributed by atoms with Crippen molar-refractivity contribution >= 4 is 40.4 Å². The lowest BCUT2D eigenvalue weighted by Gasteiger charge is -2.09. The average Bonchev–Trinajstić information content (AvgIpc) is 3.04. The van der Waals surface area contributed by atoms with Crippen LogP contribution in [0.1, 0.15) is 16.2 Å². The molecule has 0 saturated heterocycles. The Labute approximate surface area is 164 Å². The summed E-state index contributed by atoms with van der Waals surface area (Å²) in [6.07, 6.45) is 0. The van der Waals surface area contributed by atoms with E-state index in [1.807, 2.05) is 37.3 Å². The van der Waals surface area contributed by atoms with Crippen LogP contribution in [0.25, 0.3) is 16.9 Å². The average molecular weight is 398 g/mol. The summed E-state index contributed by atoms with van der Waals surface area (Å²) in [6, 6.07) is 15.9. The Morgan fingerprint density at radius 2 is 1.89 bits per heavy atom. The van der Waals surface area contributed by atoms with Gasteiger partial charge >= 0.3 is 0 Å². The van der Waals surface area contributed by atoms with Crippen LogP contribution in [-0.2, 0) is 0 Å². The lowest BCUT2D eigenvalue weighted by atomic mass is 10.1. The largest absolute Gasteiger partial charge is 0.322 e. The van der Waals surface area contributed by atoms with Crippen LogP contribution in [-0.4, -0.2) is 25.7 Å². The van der Waals surface area contributed by atoms with Crippen LogP contribution in [0.4, 0.5) is 5.69 Å². The maximum Gasteiger partial charge on any atom is 0.257 e. The molecule has 1 N–H and O–H groups in total. The highest BCUT2D eigenvalue weighted by atomic mass is 35.5. The highest BCUT2D eigenvalue weighted by Gasteiger charge is 2.12. The standard InChI is InChI=1S/C19H13Cl2N5O/c1-11-23-24-18-8-7-17(25-26(11)18)12-3-2-4-14(9-12)22-19(27)15-10-13(20)5-6-16(15)21/h2-10H,1H3,(H,22,27). The van der Waals surface area contributed by atoms with Gasteiger partial charge < -0.3 is 5.32 Å². The normalized spacial score (nSPS) is 10.9. The predicted octanol–water partition coefficient (Wildman–Crippen LogP) is 4.66. The van der Waals surface area contributed by atoms with Gasteiger partial charge in [0, 0.05) is 16.3 Å². The van der Waals surface area contributed by atoms with Gasteiger partial charge in [-0.25, -0.2) is 0 Å². The maximum absolute atomic E-state index is 12.5. The number of fused-ring (bicyclic) bond motifs is 1. The number of rotatable bonds is 3. The molecule has 8 heteroatoms. The number of nitrogens with one attached hydrogen (secondary N) is 1. The zero-order valence-electron chi connectivity index (χ0n) is 14.1. The van der Waals surface area contributed by atoms with Crippen molar-refractivity contribution in [2.24, 2.45) is 0 Å². The molecular formula is C19H13Cl2N5O. The van der Waals surface area contributed by atoms with Gasteiger partial charge in [0.1, 0.15) is 0 Å². The number of aryl methyl sites for hydroxylation is 1. The lowest BCUT2D eigenvalue weighted by molar-refractivity contribution is 0.102. The fraction of sp³-hybridized carbons (Fsp3) is 0.0526. The van der Waals surface area contributed by atoms with E-state index in [0.717, 1.165) is 11.3 Å². The van der Waals surface area contributed by atoms with E-state index >= 15 is 0 Å². The van der Waals surface area contributed by atoms with Crippen LogP contribution in [0.15, 0.2) is 54.6 Å². The Kier molecular flexibility index (Phi) is 4.51. The number of halogens is 2. The van der Waals surface area contributed by atoms with Crippen LogP contribution >= 0.6 is 23.2 Å². The number of amides is 1. The summed E-state index contributed by atoms with van der Waals surface area (Å²) in [5.41, 5.74) is 3.20. The van der Waals surface area contributed by atoms with Crippen molar-refractivity contribution in [2.75, 3.05) is 5.32 Å². The topological polar surface area (TPSA) is 72.2 Å². The molecule has 0 unspecified atom stereocenters. The molecule has 2 heterocycles. The van der Waals surface area contributed by atoms with E-state index in [4.69, 9.17) is 23.2 Å². The van der Waals surface area contributed by atoms with Crippen molar-refractivity contribution in [3.8, 4) is 11.3 Å². The monoisotopic (exact) mass is 397 g/mol. The van der Waals surface area contributed by atoms with Gasteiger partial charge in [-0.1, -0.05) is 35.3 Å². The predicted molar refractivity (Wildman–Crippen MR) is 105 cm³/mol. The van der Waals surface area contributed by atoms with Gasteiger partial charge in [0.05, 0.1) is 16.3 Å². The van der Waals surface area contributed by atoms with E-state index in [9.17, 15) is 4.79 Å². The number of hydrogen-bond donors (Lipinski definition) is 1. The molecule has 0 aliphatic rings. The Morgan fingerprint density at radius 1 is 1.04 bits per heavy atom. The Balaban J connectivity index is 1.64. The smallest absolute Gasteiger partial charge is 0.257 e. The minimum absolute atomic E-state index is 0.314. The molecule has 27 heavy (non-hydrogen) atoms. The molecule has 0 spiro atoms. The fourth-order valence-electron chi connectivity index (χ4n) is 2.68. The molecule has 0 atom stereocenters. The third kappa shape index (κ3) is 3.49. The Hall–Kier alpha value is -2.96. The second-order valence-electron chi connectivity index (χ2n) is 5.89. The van der Waals surface area contributed by atoms with E-state index in [-0.39, 0.29) is 5.91 Å². The summed E-state index contributed by atoms with van der Waals surface area (Å²) in [4.78, 5) is 12.5. The molecule has 4 rings (SSSR count). The molecule has 0 bridgehead atoms. The SMILES string of the molecule is Cc1nnc2ccc(-c3cccc(NC(=O)c4cc(Cl)ccc4Cl)c3)nn12. The molecule has 0 radical (unpaired) electrons. The first kappa shape index (κ1) is 17.5. The molecule has 6 nitrogen and oxygen atoms in total. The third-order valence-electron chi connectivity index (χ3n) is 4.01. The Bertz CT molecular complexity index is 1170. The highest BCUT2D eigenvalue weighted by Crippen LogP contribution is 2.24. The number of benzene rings is 2. The molecule has 1 amide bonds. The van der Waals surface area contributed by atoms with Crippen LogP contribution in [0.5, 0.6) is 0 Å². The molecule has 0 aliphatic carbocycles. The van der Waals surface area contributed by atoms with E-state index in [1.54, 1.807) is 22.7 Å². The van der Waals surface area contributed by atoms with Gasteiger partial charge in [-0.05, 0) is 49.4 Å². The number of carbonyl (C=O) groups is 1. The van der Waals surface area contributed by atoms with Gasteiger partial charge in [-0.3, -0.25) is 4.79 Å². The van der Waals surface area contributed by atoms with Crippen LogP contribution in [0, 0.1) is 6.92 Å². The summed E-state index contributed by atoms with van der Waals surface area (Å²) in [7, 11) is 0. The molecule has 0 fully saturated rings. The molecule has 2 aromatic carbocycles. The van der Waals surface area contributed by atoms with Crippen molar-refractivity contribution in [3.05, 3.63) is 76.0 Å². The Morgan fingerprint density at radius 3 is 2.74 bits per heavy atom. The summed E-state index contributed by atoms with van der Waals surface area (Å²) < 4.78 is 1.67. The summed E-state index contributed by atoms with van der Waals surface area (Å²) in [5.74, 6) is 0.365. The van der Waals surface area contributed by atoms with Crippen molar-refractivity contribution < 1.29 is 4.79 Å². The fourth-order valence-corrected chi connectivity index (χ4v) is 3.05. The number of nitrogens with zero attached hydrogens (tertiary/aromatic N) is 4. The number of aromatic nitrogens is 4. The molecule has 134 valence electrons. The summed E-state index contributed by atoms with van der Waals surface area (Å²) in [5, 5.41) is 16.2. The van der Waals surface area contributed by atoms with Crippen molar-refractivity contribution in [3.63, 3.8) is 0 Å². The van der Waals surface area contributed by atoms with E-state index in [0.29, 0.717) is 32.8 Å². The van der Waals surface area contributed by atoms with Crippen molar-refractivity contribution in [1.29, 1.82) is 0 Å². The quantitative estimate of drug-likeness (QED) is 0.545. The van der Waals surface area contributed by atoms with Gasteiger partial charge in [0.15, 0.2) is 11.5 Å². The van der Waals surface area contributed by atoms with Gasteiger partial charge in [0.2, 0.25) is 0 Å². The van der Waals surface area contributed by atoms with Crippen molar-refractivity contribution in [2.45, 2.75) is 6.92 Å². The number of hydrogen-bond acceptors (Lipinski definition) is 4. The number of anilines is 1. The van der Waals surface area contributed by atoms with Crippen LogP contribution in [0.2, 0.25) is 10.0 Å². The zero-order valence-corrected chi connectivity index (χ0v) is 15.7. The molecular weight excluding hydrogens is 385 g/mol. The minimum Gasteiger partial charge on any atom is -0.322 e. The molecule has 2 aromatic heterocycles. The third-order valence-corrected chi connectivity index (χ3v) is 4.57. The second kappa shape index (κ2) is 6.98. The van der Waals surface area contributed by atoms with Gasteiger partial charge in [-0.2, -0.15) is 9.61 Å². The van der Waals surface area contributed by atoms with Crippen molar-refractivity contribution in [1.82, 2.24) is 19.8 Å². The van der Waals surface area contributed by atoms with E-state index in [1.165, 1.54) is 6.07 Å². The minimum atomic E-state index is -0.335. The summed E-state index contributed by atoms with van der Waals surface area (Å²) >= 11 is 12.1. The zero-order chi connectivity index (χ0) is 19.0. The molecule has 0 saturated carbocycles. The first-order valence-electron chi connectivity index (χ1n) is 8.07. The number of carbonyl (C=O) groups excluding carboxylic acids is 1. The van der Waals surface area contributed by atoms with E-state index in [2.05, 4.69) is 20.6 Å². The highest BCUT2D eigenvalue weighted by molar-refractivity contribution is 6.36.